The van der Waals surface area contributed by atoms with Crippen LogP contribution in [-0.2, 0) is 16.0 Å². The molecule has 0 aliphatic carbocycles. The highest BCUT2D eigenvalue weighted by molar-refractivity contribution is 6.33. The second-order valence-electron chi connectivity index (χ2n) is 5.34. The first-order chi connectivity index (χ1) is 10.9. The second kappa shape index (κ2) is 7.29. The molecular weight excluding hydrogens is 314 g/mol. The summed E-state index contributed by atoms with van der Waals surface area (Å²) in [5, 5.41) is 3.11. The number of aryl methyl sites for hydroxylation is 2. The van der Waals surface area contributed by atoms with Crippen LogP contribution in [0.5, 0.6) is 0 Å². The third kappa shape index (κ3) is 4.33. The molecule has 0 aromatic heterocycles. The van der Waals surface area contributed by atoms with Crippen molar-refractivity contribution in [3.8, 4) is 0 Å². The van der Waals surface area contributed by atoms with Gasteiger partial charge >= 0.3 is 5.97 Å². The molecule has 2 aromatic carbocycles. The fourth-order valence-corrected chi connectivity index (χ4v) is 2.39. The van der Waals surface area contributed by atoms with Crippen LogP contribution in [0.4, 0.5) is 5.69 Å². The molecule has 0 saturated heterocycles. The topological polar surface area (TPSA) is 55.4 Å². The third-order valence-electron chi connectivity index (χ3n) is 3.52. The van der Waals surface area contributed by atoms with Gasteiger partial charge in [-0.3, -0.25) is 4.79 Å². The molecule has 0 aliphatic heterocycles. The lowest BCUT2D eigenvalue weighted by molar-refractivity contribution is -0.115. The number of methoxy groups -OCH3 is 1. The van der Waals surface area contributed by atoms with Crippen LogP contribution in [0.2, 0.25) is 5.02 Å². The van der Waals surface area contributed by atoms with Crippen molar-refractivity contribution >= 4 is 29.2 Å². The predicted molar refractivity (Wildman–Crippen MR) is 91.0 cm³/mol. The van der Waals surface area contributed by atoms with E-state index in [0.717, 1.165) is 16.7 Å². The van der Waals surface area contributed by atoms with Gasteiger partial charge in [-0.2, -0.15) is 0 Å². The minimum Gasteiger partial charge on any atom is -0.465 e. The number of esters is 1. The summed E-state index contributed by atoms with van der Waals surface area (Å²) in [6, 6.07) is 10.6. The smallest absolute Gasteiger partial charge is 0.337 e. The zero-order valence-corrected chi connectivity index (χ0v) is 14.0. The van der Waals surface area contributed by atoms with E-state index in [1.807, 2.05) is 32.0 Å². The molecule has 0 heterocycles. The maximum absolute atomic E-state index is 12.3. The van der Waals surface area contributed by atoms with Gasteiger partial charge in [0.25, 0.3) is 0 Å². The molecule has 0 bridgehead atoms. The maximum Gasteiger partial charge on any atom is 0.337 e. The minimum absolute atomic E-state index is 0.192. The number of benzene rings is 2. The first kappa shape index (κ1) is 17.0. The van der Waals surface area contributed by atoms with E-state index in [2.05, 4.69) is 10.1 Å². The summed E-state index contributed by atoms with van der Waals surface area (Å²) in [6.45, 7) is 3.95. The molecule has 0 unspecified atom stereocenters. The molecule has 2 rings (SSSR count). The molecular formula is C18H18ClNO3. The Hall–Kier alpha value is -2.33. The van der Waals surface area contributed by atoms with Crippen LogP contribution in [0, 0.1) is 13.8 Å². The lowest BCUT2D eigenvalue weighted by Crippen LogP contribution is -2.16. The maximum atomic E-state index is 12.3. The fraction of sp³-hybridized carbons (Fsp3) is 0.222. The van der Waals surface area contributed by atoms with Crippen LogP contribution < -0.4 is 5.32 Å². The predicted octanol–water partition coefficient (Wildman–Crippen LogP) is 3.92. The van der Waals surface area contributed by atoms with Crippen LogP contribution >= 0.6 is 11.6 Å². The molecule has 23 heavy (non-hydrogen) atoms. The van der Waals surface area contributed by atoms with Crippen LogP contribution in [-0.4, -0.2) is 19.0 Å². The van der Waals surface area contributed by atoms with Crippen molar-refractivity contribution in [1.29, 1.82) is 0 Å². The van der Waals surface area contributed by atoms with Crippen LogP contribution in [0.1, 0.15) is 27.0 Å². The van der Waals surface area contributed by atoms with Crippen molar-refractivity contribution in [3.05, 3.63) is 63.7 Å². The fourth-order valence-electron chi connectivity index (χ4n) is 2.22. The normalized spacial score (nSPS) is 10.3. The van der Waals surface area contributed by atoms with Gasteiger partial charge in [-0.15, -0.1) is 0 Å². The zero-order chi connectivity index (χ0) is 17.0. The first-order valence-electron chi connectivity index (χ1n) is 7.14. The van der Waals surface area contributed by atoms with Crippen molar-refractivity contribution < 1.29 is 14.3 Å². The molecule has 2 aromatic rings. The van der Waals surface area contributed by atoms with Gasteiger partial charge in [0.05, 0.1) is 29.8 Å². The molecule has 0 fully saturated rings. The quantitative estimate of drug-likeness (QED) is 0.864. The standard InChI is InChI=1S/C18H18ClNO3/c1-11-4-5-12(2)14(8-11)10-17(21)20-16-9-13(18(22)23-3)6-7-15(16)19/h4-9H,10H2,1-3H3,(H,20,21). The number of carbonyl (C=O) groups excluding carboxylic acids is 2. The Bertz CT molecular complexity index is 756. The Balaban J connectivity index is 2.17. The van der Waals surface area contributed by atoms with Crippen molar-refractivity contribution in [2.75, 3.05) is 12.4 Å². The summed E-state index contributed by atoms with van der Waals surface area (Å²) in [7, 11) is 1.30. The van der Waals surface area contributed by atoms with Gasteiger partial charge in [0.2, 0.25) is 5.91 Å². The molecule has 0 radical (unpaired) electrons. The highest BCUT2D eigenvalue weighted by Crippen LogP contribution is 2.24. The number of amides is 1. The van der Waals surface area contributed by atoms with Crippen molar-refractivity contribution in [2.24, 2.45) is 0 Å². The lowest BCUT2D eigenvalue weighted by atomic mass is 10.0. The molecule has 5 heteroatoms. The number of hydrogen-bond donors (Lipinski definition) is 1. The molecule has 0 aliphatic rings. The van der Waals surface area contributed by atoms with Crippen LogP contribution in [0.25, 0.3) is 0 Å². The molecule has 120 valence electrons. The average molecular weight is 332 g/mol. The number of ether oxygens (including phenoxy) is 1. The van der Waals surface area contributed by atoms with E-state index in [1.165, 1.54) is 13.2 Å². The Morgan fingerprint density at radius 3 is 2.57 bits per heavy atom. The summed E-state index contributed by atoms with van der Waals surface area (Å²) in [5.41, 5.74) is 3.84. The Kier molecular flexibility index (Phi) is 5.40. The summed E-state index contributed by atoms with van der Waals surface area (Å²) in [6.07, 6.45) is 0.242. The van der Waals surface area contributed by atoms with Crippen molar-refractivity contribution in [3.63, 3.8) is 0 Å². The highest BCUT2D eigenvalue weighted by Gasteiger charge is 2.12. The second-order valence-corrected chi connectivity index (χ2v) is 5.75. The monoisotopic (exact) mass is 331 g/mol. The average Bonchev–Trinajstić information content (AvgIpc) is 2.52. The zero-order valence-electron chi connectivity index (χ0n) is 13.3. The van der Waals surface area contributed by atoms with Gasteiger partial charge < -0.3 is 10.1 Å². The van der Waals surface area contributed by atoms with Gasteiger partial charge in [-0.05, 0) is 43.2 Å². The van der Waals surface area contributed by atoms with Crippen LogP contribution in [0.3, 0.4) is 0 Å². The van der Waals surface area contributed by atoms with Gasteiger partial charge in [-0.1, -0.05) is 35.4 Å². The summed E-state index contributed by atoms with van der Waals surface area (Å²) in [4.78, 5) is 23.8. The van der Waals surface area contributed by atoms with Gasteiger partial charge in [0.15, 0.2) is 0 Å². The number of nitrogens with one attached hydrogen (secondary N) is 1. The van der Waals surface area contributed by atoms with E-state index < -0.39 is 5.97 Å². The number of rotatable bonds is 4. The van der Waals surface area contributed by atoms with E-state index in [0.29, 0.717) is 16.3 Å². The van der Waals surface area contributed by atoms with Gasteiger partial charge in [-0.25, -0.2) is 4.79 Å². The largest absolute Gasteiger partial charge is 0.465 e. The SMILES string of the molecule is COC(=O)c1ccc(Cl)c(NC(=O)Cc2cc(C)ccc2C)c1. The molecule has 1 N–H and O–H groups in total. The highest BCUT2D eigenvalue weighted by atomic mass is 35.5. The minimum atomic E-state index is -0.480. The van der Waals surface area contributed by atoms with E-state index in [4.69, 9.17) is 11.6 Å². The van der Waals surface area contributed by atoms with E-state index in [-0.39, 0.29) is 12.3 Å². The van der Waals surface area contributed by atoms with E-state index in [1.54, 1.807) is 12.1 Å². The first-order valence-corrected chi connectivity index (χ1v) is 7.52. The third-order valence-corrected chi connectivity index (χ3v) is 3.85. The van der Waals surface area contributed by atoms with Crippen LogP contribution in [0.15, 0.2) is 36.4 Å². The number of halogens is 1. The molecule has 1 amide bonds. The summed E-state index contributed by atoms with van der Waals surface area (Å²) < 4.78 is 4.67. The Labute approximate surface area is 140 Å². The number of hydrogen-bond acceptors (Lipinski definition) is 3. The number of carbonyl (C=O) groups is 2. The Morgan fingerprint density at radius 2 is 1.87 bits per heavy atom. The van der Waals surface area contributed by atoms with Gasteiger partial charge in [0, 0.05) is 0 Å². The number of anilines is 1. The van der Waals surface area contributed by atoms with Crippen molar-refractivity contribution in [2.45, 2.75) is 20.3 Å². The molecule has 4 nitrogen and oxygen atoms in total. The molecule has 0 atom stereocenters. The molecule has 0 saturated carbocycles. The van der Waals surface area contributed by atoms with Crippen molar-refractivity contribution in [1.82, 2.24) is 0 Å². The summed E-state index contributed by atoms with van der Waals surface area (Å²) in [5.74, 6) is -0.672. The summed E-state index contributed by atoms with van der Waals surface area (Å²) >= 11 is 6.08. The van der Waals surface area contributed by atoms with E-state index in [9.17, 15) is 9.59 Å². The van der Waals surface area contributed by atoms with E-state index >= 15 is 0 Å². The van der Waals surface area contributed by atoms with Gasteiger partial charge in [0.1, 0.15) is 0 Å². The Morgan fingerprint density at radius 1 is 1.13 bits per heavy atom. The lowest BCUT2D eigenvalue weighted by Gasteiger charge is -2.10. The molecule has 0 spiro atoms.